The first kappa shape index (κ1) is 51.5. The standard InChI is InChI=1S/C47H55N9O11/c1-3-33-14-16-36(17-15-33)55(31-41(59)49-23-44(62)54(28-35-12-8-5-9-13-35)30-40(58)52-26-47(65)66)46(64)25-51-42(60)32-56(37-18-20-38(67-2)21-19-37)45(63)24-50-39(57)29-53(43(61)22-48)27-34-10-6-4-7-11-34/h4-21H,3,22-32,48H2,1-2H3,(H,49,59)(H,50,57)(H,51,60)(H,52,58)(H,65,66). The third-order valence-electron chi connectivity index (χ3n) is 9.97. The second kappa shape index (κ2) is 26.6. The van der Waals surface area contributed by atoms with Gasteiger partial charge in [0.25, 0.3) is 0 Å². The average molecular weight is 922 g/mol. The molecule has 20 nitrogen and oxygen atoms in total. The van der Waals surface area contributed by atoms with Gasteiger partial charge in [0.15, 0.2) is 0 Å². The molecule has 8 amide bonds. The van der Waals surface area contributed by atoms with E-state index < -0.39 is 106 Å². The number of carbonyl (C=O) groups is 9. The second-order valence-electron chi connectivity index (χ2n) is 14.9. The molecule has 0 spiro atoms. The molecule has 0 heterocycles. The molecule has 0 saturated carbocycles. The number of aliphatic carboxylic acids is 1. The van der Waals surface area contributed by atoms with Crippen LogP contribution < -0.4 is 41.5 Å². The van der Waals surface area contributed by atoms with Crippen molar-refractivity contribution in [3.63, 3.8) is 0 Å². The molecule has 0 atom stereocenters. The van der Waals surface area contributed by atoms with Gasteiger partial charge < -0.3 is 56.4 Å². The molecule has 0 aliphatic carbocycles. The van der Waals surface area contributed by atoms with Crippen LogP contribution in [0.15, 0.2) is 109 Å². The van der Waals surface area contributed by atoms with Crippen LogP contribution >= 0.6 is 0 Å². The lowest BCUT2D eigenvalue weighted by molar-refractivity contribution is -0.139. The topological polar surface area (TPSA) is 270 Å². The lowest BCUT2D eigenvalue weighted by Crippen LogP contribution is -2.50. The molecule has 0 saturated heterocycles. The number of nitrogens with two attached hydrogens (primary N) is 1. The van der Waals surface area contributed by atoms with E-state index in [1.807, 2.05) is 13.0 Å². The maximum Gasteiger partial charge on any atom is 0.322 e. The molecule has 0 unspecified atom stereocenters. The second-order valence-corrected chi connectivity index (χ2v) is 14.9. The van der Waals surface area contributed by atoms with E-state index in [0.717, 1.165) is 25.8 Å². The van der Waals surface area contributed by atoms with Crippen molar-refractivity contribution in [1.82, 2.24) is 31.1 Å². The Kier molecular flexibility index (Phi) is 20.5. The van der Waals surface area contributed by atoms with Crippen molar-refractivity contribution in [2.45, 2.75) is 26.4 Å². The van der Waals surface area contributed by atoms with E-state index in [1.54, 1.807) is 91.0 Å². The molecule has 0 aliphatic rings. The fourth-order valence-electron chi connectivity index (χ4n) is 6.38. The molecule has 0 radical (unpaired) electrons. The maximum atomic E-state index is 13.8. The quantitative estimate of drug-likeness (QED) is 0.0520. The Hall–Kier alpha value is -8.13. The van der Waals surface area contributed by atoms with E-state index in [9.17, 15) is 43.2 Å². The van der Waals surface area contributed by atoms with Gasteiger partial charge in [-0.3, -0.25) is 43.2 Å². The van der Waals surface area contributed by atoms with Gasteiger partial charge in [-0.1, -0.05) is 79.7 Å². The highest BCUT2D eigenvalue weighted by molar-refractivity contribution is 6.04. The Bertz CT molecular complexity index is 2330. The van der Waals surface area contributed by atoms with Crippen molar-refractivity contribution in [3.8, 4) is 5.75 Å². The molecular formula is C47H55N9O11. The summed E-state index contributed by atoms with van der Waals surface area (Å²) in [5, 5.41) is 18.7. The average Bonchev–Trinajstić information content (AvgIpc) is 3.34. The summed E-state index contributed by atoms with van der Waals surface area (Å²) in [4.78, 5) is 121. The highest BCUT2D eigenvalue weighted by Gasteiger charge is 2.25. The van der Waals surface area contributed by atoms with Crippen LogP contribution in [-0.4, -0.2) is 134 Å². The zero-order valence-corrected chi connectivity index (χ0v) is 37.3. The molecule has 7 N–H and O–H groups in total. The number of nitrogens with zero attached hydrogens (tertiary/aromatic N) is 4. The van der Waals surface area contributed by atoms with Gasteiger partial charge in [-0.15, -0.1) is 0 Å². The van der Waals surface area contributed by atoms with E-state index in [4.69, 9.17) is 15.6 Å². The molecule has 67 heavy (non-hydrogen) atoms. The molecule has 0 bridgehead atoms. The molecule has 4 aromatic carbocycles. The summed E-state index contributed by atoms with van der Waals surface area (Å²) < 4.78 is 5.23. The molecule has 4 aromatic rings. The van der Waals surface area contributed by atoms with E-state index >= 15 is 0 Å². The summed E-state index contributed by atoms with van der Waals surface area (Å²) in [6, 6.07) is 30.6. The van der Waals surface area contributed by atoms with Crippen molar-refractivity contribution in [2.24, 2.45) is 5.73 Å². The van der Waals surface area contributed by atoms with Crippen LogP contribution in [0.3, 0.4) is 0 Å². The normalized spacial score (nSPS) is 10.4. The van der Waals surface area contributed by atoms with Crippen LogP contribution in [0.4, 0.5) is 11.4 Å². The van der Waals surface area contributed by atoms with Gasteiger partial charge in [-0.25, -0.2) is 0 Å². The molecule has 0 aromatic heterocycles. The SMILES string of the molecule is CCc1ccc(N(CC(=O)NCC(=O)N(CC(=O)NCC(=O)O)Cc2ccccc2)C(=O)CNC(=O)CN(C(=O)CNC(=O)CN(Cc2ccccc2)C(=O)CN)c2ccc(OC)cc2)cc1. The third kappa shape index (κ3) is 17.4. The van der Waals surface area contributed by atoms with Crippen molar-refractivity contribution in [3.05, 3.63) is 126 Å². The summed E-state index contributed by atoms with van der Waals surface area (Å²) in [6.45, 7) is -2.78. The first-order valence-corrected chi connectivity index (χ1v) is 21.1. The van der Waals surface area contributed by atoms with Gasteiger partial charge in [-0.2, -0.15) is 0 Å². The zero-order chi connectivity index (χ0) is 48.7. The van der Waals surface area contributed by atoms with E-state index in [-0.39, 0.29) is 25.3 Å². The third-order valence-corrected chi connectivity index (χ3v) is 9.97. The van der Waals surface area contributed by atoms with Gasteiger partial charge in [0, 0.05) is 24.5 Å². The Labute approximate surface area is 387 Å². The lowest BCUT2D eigenvalue weighted by Gasteiger charge is -2.25. The van der Waals surface area contributed by atoms with Crippen molar-refractivity contribution in [1.29, 1.82) is 0 Å². The van der Waals surface area contributed by atoms with Crippen LogP contribution in [0.2, 0.25) is 0 Å². The number of carboxylic acids is 1. The van der Waals surface area contributed by atoms with Crippen LogP contribution in [0, 0.1) is 0 Å². The minimum Gasteiger partial charge on any atom is -0.497 e. The number of benzene rings is 4. The van der Waals surface area contributed by atoms with Gasteiger partial charge in [0.2, 0.25) is 47.3 Å². The fraction of sp³-hybridized carbons (Fsp3) is 0.298. The molecule has 4 rings (SSSR count). The molecule has 0 aliphatic heterocycles. The van der Waals surface area contributed by atoms with Crippen molar-refractivity contribution < 1.29 is 53.0 Å². The molecule has 0 fully saturated rings. The number of methoxy groups -OCH3 is 1. The molecule has 20 heteroatoms. The van der Waals surface area contributed by atoms with Gasteiger partial charge in [0.1, 0.15) is 25.4 Å². The summed E-state index contributed by atoms with van der Waals surface area (Å²) in [7, 11) is 1.45. The first-order valence-electron chi connectivity index (χ1n) is 21.1. The van der Waals surface area contributed by atoms with Crippen LogP contribution in [0.1, 0.15) is 23.6 Å². The van der Waals surface area contributed by atoms with Crippen LogP contribution in [0.5, 0.6) is 5.75 Å². The number of carbonyl (C=O) groups excluding carboxylic acids is 8. The summed E-state index contributed by atoms with van der Waals surface area (Å²) in [6.07, 6.45) is 0.689. The van der Waals surface area contributed by atoms with E-state index in [0.29, 0.717) is 23.4 Å². The van der Waals surface area contributed by atoms with Crippen molar-refractivity contribution in [2.75, 3.05) is 75.8 Å². The number of hydrogen-bond acceptors (Lipinski definition) is 11. The highest BCUT2D eigenvalue weighted by atomic mass is 16.5. The number of ether oxygens (including phenoxy) is 1. The number of aryl methyl sites for hydroxylation is 1. The van der Waals surface area contributed by atoms with Gasteiger partial charge >= 0.3 is 5.97 Å². The monoisotopic (exact) mass is 921 g/mol. The largest absolute Gasteiger partial charge is 0.497 e. The number of anilines is 2. The first-order chi connectivity index (χ1) is 32.2. The lowest BCUT2D eigenvalue weighted by atomic mass is 10.1. The summed E-state index contributed by atoms with van der Waals surface area (Å²) >= 11 is 0. The Morgan fingerprint density at radius 3 is 1.28 bits per heavy atom. The predicted octanol–water partition coefficient (Wildman–Crippen LogP) is 0.190. The highest BCUT2D eigenvalue weighted by Crippen LogP contribution is 2.20. The zero-order valence-electron chi connectivity index (χ0n) is 37.3. The number of hydrogen-bond donors (Lipinski definition) is 6. The number of amides is 8. The maximum absolute atomic E-state index is 13.8. The van der Waals surface area contributed by atoms with E-state index in [1.165, 1.54) is 24.1 Å². The fourth-order valence-corrected chi connectivity index (χ4v) is 6.38. The minimum atomic E-state index is -1.27. The predicted molar refractivity (Wildman–Crippen MR) is 246 cm³/mol. The van der Waals surface area contributed by atoms with E-state index in [2.05, 4.69) is 21.3 Å². The Morgan fingerprint density at radius 1 is 0.493 bits per heavy atom. The Morgan fingerprint density at radius 2 is 0.881 bits per heavy atom. The number of nitrogens with one attached hydrogen (secondary N) is 4. The molecular weight excluding hydrogens is 867 g/mol. The minimum absolute atomic E-state index is 0.0222. The van der Waals surface area contributed by atoms with Gasteiger partial charge in [0.05, 0.1) is 46.4 Å². The van der Waals surface area contributed by atoms with Gasteiger partial charge in [-0.05, 0) is 59.5 Å². The van der Waals surface area contributed by atoms with Crippen LogP contribution in [0.25, 0.3) is 0 Å². The van der Waals surface area contributed by atoms with Crippen molar-refractivity contribution >= 4 is 64.6 Å². The molecule has 354 valence electrons. The number of carboxylic acid groups (broad SMARTS) is 1. The van der Waals surface area contributed by atoms with Crippen LogP contribution in [-0.2, 0) is 62.7 Å². The number of rotatable bonds is 25. The summed E-state index contributed by atoms with van der Waals surface area (Å²) in [5.74, 6) is -6.27. The summed E-state index contributed by atoms with van der Waals surface area (Å²) in [5.41, 5.74) is 8.53. The Balaban J connectivity index is 1.43. The smallest absolute Gasteiger partial charge is 0.322 e.